The Bertz CT molecular complexity index is 565. The SMILES string of the molecule is NCCCCOC(=O)[C@@H](N)Cc1c[nH]c2ccccc12. The summed E-state index contributed by atoms with van der Waals surface area (Å²) in [5.41, 5.74) is 13.4. The summed E-state index contributed by atoms with van der Waals surface area (Å²) in [6, 6.07) is 7.31. The van der Waals surface area contributed by atoms with Crippen LogP contribution in [0.4, 0.5) is 0 Å². The van der Waals surface area contributed by atoms with E-state index in [1.165, 1.54) is 0 Å². The van der Waals surface area contributed by atoms with Gasteiger partial charge in [0.05, 0.1) is 6.61 Å². The van der Waals surface area contributed by atoms with Crippen LogP contribution in [0.25, 0.3) is 10.9 Å². The number of hydrogen-bond donors (Lipinski definition) is 3. The van der Waals surface area contributed by atoms with Crippen molar-refractivity contribution < 1.29 is 9.53 Å². The van der Waals surface area contributed by atoms with Crippen LogP contribution in [0.5, 0.6) is 0 Å². The van der Waals surface area contributed by atoms with Crippen LogP contribution in [0.3, 0.4) is 0 Å². The molecule has 0 aliphatic rings. The number of H-pyrrole nitrogens is 1. The zero-order valence-electron chi connectivity index (χ0n) is 11.5. The highest BCUT2D eigenvalue weighted by molar-refractivity contribution is 5.84. The zero-order chi connectivity index (χ0) is 14.4. The number of hydrogen-bond acceptors (Lipinski definition) is 4. The number of nitrogens with two attached hydrogens (primary N) is 2. The minimum Gasteiger partial charge on any atom is -0.465 e. The topological polar surface area (TPSA) is 94.1 Å². The lowest BCUT2D eigenvalue weighted by atomic mass is 10.1. The van der Waals surface area contributed by atoms with Gasteiger partial charge in [0.25, 0.3) is 0 Å². The molecule has 108 valence electrons. The molecule has 2 rings (SSSR count). The Labute approximate surface area is 118 Å². The average Bonchev–Trinajstić information content (AvgIpc) is 2.87. The second-order valence-electron chi connectivity index (χ2n) is 4.83. The van der Waals surface area contributed by atoms with Gasteiger partial charge in [-0.1, -0.05) is 18.2 Å². The van der Waals surface area contributed by atoms with Crippen molar-refractivity contribution in [1.29, 1.82) is 0 Å². The highest BCUT2D eigenvalue weighted by Gasteiger charge is 2.17. The van der Waals surface area contributed by atoms with Gasteiger partial charge in [-0.05, 0) is 31.0 Å². The standard InChI is InChI=1S/C15H21N3O2/c16-7-3-4-8-20-15(19)13(17)9-11-10-18-14-6-2-1-5-12(11)14/h1-2,5-6,10,13,18H,3-4,7-9,16-17H2/t13-/m0/s1. The van der Waals surface area contributed by atoms with Gasteiger partial charge < -0.3 is 21.2 Å². The molecule has 5 nitrogen and oxygen atoms in total. The van der Waals surface area contributed by atoms with Crippen LogP contribution in [0.1, 0.15) is 18.4 Å². The van der Waals surface area contributed by atoms with Gasteiger partial charge in [0.15, 0.2) is 0 Å². The molecule has 1 aromatic heterocycles. The summed E-state index contributed by atoms with van der Waals surface area (Å²) < 4.78 is 5.14. The van der Waals surface area contributed by atoms with Crippen molar-refractivity contribution in [1.82, 2.24) is 4.98 Å². The fourth-order valence-corrected chi connectivity index (χ4v) is 2.15. The maximum Gasteiger partial charge on any atom is 0.323 e. The van der Waals surface area contributed by atoms with Gasteiger partial charge in [0, 0.05) is 23.5 Å². The number of unbranched alkanes of at least 4 members (excludes halogenated alkanes) is 1. The molecule has 5 N–H and O–H groups in total. The van der Waals surface area contributed by atoms with E-state index in [9.17, 15) is 4.79 Å². The number of benzene rings is 1. The molecule has 0 spiro atoms. The van der Waals surface area contributed by atoms with Crippen molar-refractivity contribution in [2.45, 2.75) is 25.3 Å². The van der Waals surface area contributed by atoms with Crippen molar-refractivity contribution in [2.75, 3.05) is 13.2 Å². The molecule has 1 atom stereocenters. The van der Waals surface area contributed by atoms with Crippen molar-refractivity contribution in [3.8, 4) is 0 Å². The second kappa shape index (κ2) is 7.07. The quantitative estimate of drug-likeness (QED) is 0.524. The van der Waals surface area contributed by atoms with Gasteiger partial charge in [-0.15, -0.1) is 0 Å². The number of ether oxygens (including phenoxy) is 1. The Morgan fingerprint density at radius 3 is 2.90 bits per heavy atom. The van der Waals surface area contributed by atoms with Gasteiger partial charge in [0.2, 0.25) is 0 Å². The Morgan fingerprint density at radius 2 is 2.10 bits per heavy atom. The van der Waals surface area contributed by atoms with Crippen LogP contribution < -0.4 is 11.5 Å². The fourth-order valence-electron chi connectivity index (χ4n) is 2.15. The number of para-hydroxylation sites is 1. The number of carbonyl (C=O) groups excluding carboxylic acids is 1. The van der Waals surface area contributed by atoms with Crippen molar-refractivity contribution in [3.63, 3.8) is 0 Å². The number of aromatic nitrogens is 1. The van der Waals surface area contributed by atoms with Crippen LogP contribution in [-0.4, -0.2) is 30.1 Å². The molecule has 0 aliphatic heterocycles. The fraction of sp³-hybridized carbons (Fsp3) is 0.400. The number of rotatable bonds is 7. The molecule has 0 amide bonds. The highest BCUT2D eigenvalue weighted by atomic mass is 16.5. The smallest absolute Gasteiger partial charge is 0.323 e. The molecule has 0 saturated heterocycles. The predicted molar refractivity (Wildman–Crippen MR) is 79.2 cm³/mol. The summed E-state index contributed by atoms with van der Waals surface area (Å²) in [5, 5.41) is 1.10. The van der Waals surface area contributed by atoms with E-state index in [1.54, 1.807) is 0 Å². The summed E-state index contributed by atoms with van der Waals surface area (Å²) in [6.07, 6.45) is 4.00. The van der Waals surface area contributed by atoms with Gasteiger partial charge in [-0.3, -0.25) is 4.79 Å². The third-order valence-electron chi connectivity index (χ3n) is 3.26. The van der Waals surface area contributed by atoms with Crippen LogP contribution >= 0.6 is 0 Å². The van der Waals surface area contributed by atoms with Crippen LogP contribution in [-0.2, 0) is 16.0 Å². The minimum atomic E-state index is -0.632. The maximum atomic E-state index is 11.8. The van der Waals surface area contributed by atoms with Gasteiger partial charge in [-0.25, -0.2) is 0 Å². The lowest BCUT2D eigenvalue weighted by Gasteiger charge is -2.11. The minimum absolute atomic E-state index is 0.354. The Morgan fingerprint density at radius 1 is 1.30 bits per heavy atom. The maximum absolute atomic E-state index is 11.8. The molecule has 1 aromatic carbocycles. The molecule has 20 heavy (non-hydrogen) atoms. The Kier molecular flexibility index (Phi) is 5.15. The first-order valence-corrected chi connectivity index (χ1v) is 6.89. The number of fused-ring (bicyclic) bond motifs is 1. The average molecular weight is 275 g/mol. The molecule has 1 heterocycles. The first kappa shape index (κ1) is 14.6. The van der Waals surface area contributed by atoms with Crippen LogP contribution in [0.15, 0.2) is 30.5 Å². The van der Waals surface area contributed by atoms with E-state index >= 15 is 0 Å². The summed E-state index contributed by atoms with van der Waals surface area (Å²) in [5.74, 6) is -0.354. The molecule has 0 unspecified atom stereocenters. The van der Waals surface area contributed by atoms with E-state index in [0.29, 0.717) is 19.6 Å². The number of aromatic amines is 1. The summed E-state index contributed by atoms with van der Waals surface area (Å²) in [4.78, 5) is 15.0. The zero-order valence-corrected chi connectivity index (χ0v) is 11.5. The number of esters is 1. The van der Waals surface area contributed by atoms with E-state index in [2.05, 4.69) is 4.98 Å². The summed E-state index contributed by atoms with van der Waals surface area (Å²) >= 11 is 0. The van der Waals surface area contributed by atoms with E-state index in [-0.39, 0.29) is 5.97 Å². The summed E-state index contributed by atoms with van der Waals surface area (Å²) in [7, 11) is 0. The molecular weight excluding hydrogens is 254 g/mol. The third-order valence-corrected chi connectivity index (χ3v) is 3.26. The number of carbonyl (C=O) groups is 1. The van der Waals surface area contributed by atoms with Crippen LogP contribution in [0, 0.1) is 0 Å². The molecular formula is C15H21N3O2. The van der Waals surface area contributed by atoms with E-state index in [0.717, 1.165) is 29.3 Å². The van der Waals surface area contributed by atoms with Crippen molar-refractivity contribution in [3.05, 3.63) is 36.0 Å². The molecule has 2 aromatic rings. The summed E-state index contributed by atoms with van der Waals surface area (Å²) in [6.45, 7) is 0.997. The van der Waals surface area contributed by atoms with Gasteiger partial charge >= 0.3 is 5.97 Å². The second-order valence-corrected chi connectivity index (χ2v) is 4.83. The van der Waals surface area contributed by atoms with E-state index in [4.69, 9.17) is 16.2 Å². The van der Waals surface area contributed by atoms with Gasteiger partial charge in [-0.2, -0.15) is 0 Å². The first-order valence-electron chi connectivity index (χ1n) is 6.89. The Balaban J connectivity index is 1.90. The normalized spacial score (nSPS) is 12.5. The largest absolute Gasteiger partial charge is 0.465 e. The molecule has 0 fully saturated rings. The lowest BCUT2D eigenvalue weighted by molar-refractivity contribution is -0.145. The monoisotopic (exact) mass is 275 g/mol. The van der Waals surface area contributed by atoms with Crippen LogP contribution in [0.2, 0.25) is 0 Å². The predicted octanol–water partition coefficient (Wildman–Crippen LogP) is 1.32. The van der Waals surface area contributed by atoms with Crippen molar-refractivity contribution >= 4 is 16.9 Å². The molecule has 0 bridgehead atoms. The van der Waals surface area contributed by atoms with E-state index in [1.807, 2.05) is 30.5 Å². The highest BCUT2D eigenvalue weighted by Crippen LogP contribution is 2.18. The first-order chi connectivity index (χ1) is 9.72. The van der Waals surface area contributed by atoms with Crippen molar-refractivity contribution in [2.24, 2.45) is 11.5 Å². The third kappa shape index (κ3) is 3.59. The molecule has 0 radical (unpaired) electrons. The van der Waals surface area contributed by atoms with Gasteiger partial charge in [0.1, 0.15) is 6.04 Å². The molecule has 0 aliphatic carbocycles. The Hall–Kier alpha value is -1.85. The molecule has 5 heteroatoms. The number of nitrogens with one attached hydrogen (secondary N) is 1. The molecule has 0 saturated carbocycles. The van der Waals surface area contributed by atoms with E-state index < -0.39 is 6.04 Å². The lowest BCUT2D eigenvalue weighted by Crippen LogP contribution is -2.34.